The average molecular weight is 555 g/mol. The Bertz CT molecular complexity index is 1530. The largest absolute Gasteiger partial charge is 0.140 e. The summed E-state index contributed by atoms with van der Waals surface area (Å²) in [7, 11) is 0. The van der Waals surface area contributed by atoms with Crippen molar-refractivity contribution in [1.82, 2.24) is 0 Å². The molecule has 3 heteroatoms. The summed E-state index contributed by atoms with van der Waals surface area (Å²) in [5, 5.41) is 1.45. The van der Waals surface area contributed by atoms with Crippen molar-refractivity contribution in [3.05, 3.63) is 81.5 Å². The van der Waals surface area contributed by atoms with Crippen LogP contribution in [-0.4, -0.2) is 0 Å². The predicted octanol–water partition coefficient (Wildman–Crippen LogP) is 12.2. The fraction of sp³-hybridized carbons (Fsp3) is 0.371. The predicted molar refractivity (Wildman–Crippen MR) is 172 cm³/mol. The molecule has 0 radical (unpaired) electrons. The fourth-order valence-corrected chi connectivity index (χ4v) is 9.20. The molecule has 0 spiro atoms. The zero-order chi connectivity index (χ0) is 25.9. The Kier molecular flexibility index (Phi) is 8.16. The fourth-order valence-electron chi connectivity index (χ4n) is 5.79. The Morgan fingerprint density at radius 1 is 0.605 bits per heavy atom. The van der Waals surface area contributed by atoms with E-state index in [1.54, 1.807) is 0 Å². The monoisotopic (exact) mass is 554 g/mol. The minimum Gasteiger partial charge on any atom is -0.140 e. The summed E-state index contributed by atoms with van der Waals surface area (Å²) in [6, 6.07) is 23.7. The van der Waals surface area contributed by atoms with Gasteiger partial charge in [0.25, 0.3) is 0 Å². The minimum atomic E-state index is 1.06. The van der Waals surface area contributed by atoms with Gasteiger partial charge in [-0.15, -0.1) is 34.0 Å². The molecule has 0 N–H and O–H groups in total. The van der Waals surface area contributed by atoms with Gasteiger partial charge in [-0.25, -0.2) is 0 Å². The van der Waals surface area contributed by atoms with E-state index in [1.165, 1.54) is 126 Å². The van der Waals surface area contributed by atoms with E-state index in [1.807, 2.05) is 34.0 Å². The average Bonchev–Trinajstić information content (AvgIpc) is 3.72. The number of hydrogen-bond acceptors (Lipinski definition) is 3. The summed E-state index contributed by atoms with van der Waals surface area (Å²) in [5.74, 6) is 0. The maximum atomic E-state index is 2.46. The highest BCUT2D eigenvalue weighted by Crippen LogP contribution is 2.48. The van der Waals surface area contributed by atoms with Crippen LogP contribution in [0.3, 0.4) is 0 Å². The van der Waals surface area contributed by atoms with Crippen molar-refractivity contribution in [2.75, 3.05) is 0 Å². The zero-order valence-electron chi connectivity index (χ0n) is 22.8. The van der Waals surface area contributed by atoms with Gasteiger partial charge in [0.15, 0.2) is 0 Å². The molecule has 3 aromatic heterocycles. The number of unbranched alkanes of at least 4 members (excludes halogenated alkanes) is 6. The summed E-state index contributed by atoms with van der Waals surface area (Å²) >= 11 is 5.96. The molecule has 0 unspecified atom stereocenters. The first kappa shape index (κ1) is 26.0. The van der Waals surface area contributed by atoms with Crippen LogP contribution in [-0.2, 0) is 19.3 Å². The summed E-state index contributed by atoms with van der Waals surface area (Å²) < 4.78 is 1.44. The zero-order valence-corrected chi connectivity index (χ0v) is 25.2. The van der Waals surface area contributed by atoms with E-state index in [9.17, 15) is 0 Å². The first-order valence-corrected chi connectivity index (χ1v) is 17.1. The smallest absolute Gasteiger partial charge is 0.0393 e. The quantitative estimate of drug-likeness (QED) is 0.132. The van der Waals surface area contributed by atoms with Crippen LogP contribution in [0.5, 0.6) is 0 Å². The van der Waals surface area contributed by atoms with Crippen LogP contribution in [0, 0.1) is 0 Å². The van der Waals surface area contributed by atoms with E-state index in [2.05, 4.69) is 74.5 Å². The van der Waals surface area contributed by atoms with Crippen molar-refractivity contribution >= 4 is 44.1 Å². The Labute approximate surface area is 240 Å². The number of hydrogen-bond donors (Lipinski definition) is 0. The van der Waals surface area contributed by atoms with Gasteiger partial charge < -0.3 is 0 Å². The Hall–Kier alpha value is -2.20. The van der Waals surface area contributed by atoms with Gasteiger partial charge in [0.2, 0.25) is 0 Å². The van der Waals surface area contributed by atoms with Crippen LogP contribution in [0.25, 0.3) is 41.4 Å². The van der Waals surface area contributed by atoms with E-state index in [4.69, 9.17) is 0 Å². The number of benzene rings is 2. The van der Waals surface area contributed by atoms with Crippen LogP contribution >= 0.6 is 34.0 Å². The van der Waals surface area contributed by atoms with E-state index >= 15 is 0 Å². The van der Waals surface area contributed by atoms with Crippen molar-refractivity contribution in [1.29, 1.82) is 0 Å². The highest BCUT2D eigenvalue weighted by molar-refractivity contribution is 7.22. The van der Waals surface area contributed by atoms with Gasteiger partial charge in [0.05, 0.1) is 0 Å². The van der Waals surface area contributed by atoms with Crippen LogP contribution in [0.1, 0.15) is 86.1 Å². The lowest BCUT2D eigenvalue weighted by atomic mass is 10.0. The maximum Gasteiger partial charge on any atom is 0.0393 e. The second-order valence-corrected chi connectivity index (χ2v) is 14.2. The molecule has 38 heavy (non-hydrogen) atoms. The van der Waals surface area contributed by atoms with Crippen LogP contribution in [0.4, 0.5) is 0 Å². The third-order valence-electron chi connectivity index (χ3n) is 7.96. The second-order valence-electron chi connectivity index (χ2n) is 10.8. The van der Waals surface area contributed by atoms with Gasteiger partial charge in [-0.05, 0) is 95.3 Å². The van der Waals surface area contributed by atoms with Gasteiger partial charge in [-0.1, -0.05) is 76.6 Å². The molecule has 0 saturated heterocycles. The topological polar surface area (TPSA) is 0 Å². The number of thiophene rings is 3. The molecule has 196 valence electrons. The molecule has 0 aliphatic heterocycles. The lowest BCUT2D eigenvalue weighted by molar-refractivity contribution is 0.670. The Balaban J connectivity index is 1.18. The summed E-state index contributed by atoms with van der Waals surface area (Å²) in [5.41, 5.74) is 7.25. The van der Waals surface area contributed by atoms with Crippen molar-refractivity contribution < 1.29 is 0 Å². The molecule has 0 nitrogen and oxygen atoms in total. The molecule has 2 aromatic carbocycles. The number of aryl methyl sites for hydroxylation is 2. The SMILES string of the molecule is CCCCCCc1ccc(-c2ccc3c(c2)Cc2c-3sc3cc(-c4ccc(CCCCCC)s4)ccc23)s1. The van der Waals surface area contributed by atoms with E-state index in [0.717, 1.165) is 6.42 Å². The van der Waals surface area contributed by atoms with Crippen LogP contribution < -0.4 is 0 Å². The molecule has 0 bridgehead atoms. The molecule has 1 aliphatic rings. The Morgan fingerprint density at radius 2 is 1.24 bits per heavy atom. The van der Waals surface area contributed by atoms with Gasteiger partial charge in [0, 0.05) is 35.5 Å². The summed E-state index contributed by atoms with van der Waals surface area (Å²) in [6.45, 7) is 4.57. The summed E-state index contributed by atoms with van der Waals surface area (Å²) in [4.78, 5) is 7.39. The first-order chi connectivity index (χ1) is 18.7. The van der Waals surface area contributed by atoms with E-state index in [-0.39, 0.29) is 0 Å². The lowest BCUT2D eigenvalue weighted by Crippen LogP contribution is -1.83. The molecule has 3 heterocycles. The molecular weight excluding hydrogens is 517 g/mol. The first-order valence-electron chi connectivity index (χ1n) is 14.6. The normalized spacial score (nSPS) is 12.4. The molecular formula is C35H38S3. The molecule has 0 saturated carbocycles. The summed E-state index contributed by atoms with van der Waals surface area (Å²) in [6.07, 6.45) is 14.2. The molecule has 1 aliphatic carbocycles. The van der Waals surface area contributed by atoms with Gasteiger partial charge in [-0.3, -0.25) is 0 Å². The molecule has 6 rings (SSSR count). The third kappa shape index (κ3) is 5.43. The molecule has 0 amide bonds. The van der Waals surface area contributed by atoms with Crippen LogP contribution in [0.15, 0.2) is 60.7 Å². The van der Waals surface area contributed by atoms with Gasteiger partial charge in [-0.2, -0.15) is 0 Å². The van der Waals surface area contributed by atoms with E-state index in [0.29, 0.717) is 0 Å². The third-order valence-corrected chi connectivity index (χ3v) is 11.6. The molecule has 5 aromatic rings. The van der Waals surface area contributed by atoms with Gasteiger partial charge >= 0.3 is 0 Å². The van der Waals surface area contributed by atoms with Crippen molar-refractivity contribution in [3.8, 4) is 31.3 Å². The Morgan fingerprint density at radius 3 is 1.89 bits per heavy atom. The second kappa shape index (κ2) is 11.9. The highest BCUT2D eigenvalue weighted by Gasteiger charge is 2.24. The number of rotatable bonds is 12. The lowest BCUT2D eigenvalue weighted by Gasteiger charge is -2.04. The number of fused-ring (bicyclic) bond motifs is 5. The van der Waals surface area contributed by atoms with Crippen molar-refractivity contribution in [2.45, 2.75) is 84.5 Å². The van der Waals surface area contributed by atoms with Crippen LogP contribution in [0.2, 0.25) is 0 Å². The molecule has 0 atom stereocenters. The van der Waals surface area contributed by atoms with Crippen molar-refractivity contribution in [3.63, 3.8) is 0 Å². The highest BCUT2D eigenvalue weighted by atomic mass is 32.1. The maximum absolute atomic E-state index is 2.46. The van der Waals surface area contributed by atoms with Gasteiger partial charge in [0.1, 0.15) is 0 Å². The standard InChI is InChI=1S/C35H38S3/c1-3-5-7-9-11-27-15-19-32(36-27)24-13-17-29-26(21-24)22-31-30-18-14-25(23-34(30)38-35(29)31)33-20-16-28(37-33)12-10-8-6-4-2/h13-21,23H,3-12,22H2,1-2H3. The minimum absolute atomic E-state index is 1.06. The molecule has 0 fully saturated rings. The van der Waals surface area contributed by atoms with E-state index < -0.39 is 0 Å². The van der Waals surface area contributed by atoms with Crippen molar-refractivity contribution in [2.24, 2.45) is 0 Å².